The lowest BCUT2D eigenvalue weighted by Crippen LogP contribution is -2.21. The van der Waals surface area contributed by atoms with Crippen molar-refractivity contribution in [1.82, 2.24) is 14.2 Å². The Morgan fingerprint density at radius 1 is 1.06 bits per heavy atom. The van der Waals surface area contributed by atoms with Crippen LogP contribution in [0.1, 0.15) is 12.0 Å². The van der Waals surface area contributed by atoms with Crippen LogP contribution in [0.25, 0.3) is 5.65 Å². The monoisotopic (exact) mass is 432 g/mol. The molecule has 0 saturated carbocycles. The third-order valence-electron chi connectivity index (χ3n) is 4.80. The summed E-state index contributed by atoms with van der Waals surface area (Å²) in [5, 5.41) is 21.1. The molecule has 162 valence electrons. The first-order chi connectivity index (χ1) is 15.5. The van der Waals surface area contributed by atoms with Crippen molar-refractivity contribution in [1.29, 1.82) is 0 Å². The number of fused-ring (bicyclic) bond motifs is 1. The number of anilines is 2. The van der Waals surface area contributed by atoms with Crippen molar-refractivity contribution in [2.75, 3.05) is 17.2 Å². The predicted octanol–water partition coefficient (Wildman–Crippen LogP) is 2.89. The zero-order valence-electron chi connectivity index (χ0n) is 17.0. The Morgan fingerprint density at radius 3 is 2.69 bits per heavy atom. The number of carbonyl (C=O) groups is 1. The molecule has 0 fully saturated rings. The second-order valence-electron chi connectivity index (χ2n) is 7.07. The minimum atomic E-state index is -0.470. The average Bonchev–Trinajstić information content (AvgIpc) is 3.09. The van der Waals surface area contributed by atoms with Gasteiger partial charge in [-0.2, -0.15) is 0 Å². The number of amides is 1. The van der Waals surface area contributed by atoms with E-state index >= 15 is 0 Å². The maximum absolute atomic E-state index is 12.4. The zero-order valence-corrected chi connectivity index (χ0v) is 17.0. The van der Waals surface area contributed by atoms with Crippen LogP contribution in [0, 0.1) is 10.1 Å². The summed E-state index contributed by atoms with van der Waals surface area (Å²) < 4.78 is 2.84. The maximum Gasteiger partial charge on any atom is 0.350 e. The Balaban J connectivity index is 1.36. The van der Waals surface area contributed by atoms with Crippen LogP contribution >= 0.6 is 0 Å². The number of nitrogens with one attached hydrogen (secondary N) is 2. The molecule has 0 unspecified atom stereocenters. The van der Waals surface area contributed by atoms with E-state index in [9.17, 15) is 19.7 Å². The van der Waals surface area contributed by atoms with Crippen molar-refractivity contribution in [3.8, 4) is 0 Å². The van der Waals surface area contributed by atoms with Gasteiger partial charge in [0.15, 0.2) is 5.65 Å². The molecule has 2 heterocycles. The van der Waals surface area contributed by atoms with Gasteiger partial charge in [0.05, 0.1) is 11.5 Å². The van der Waals surface area contributed by atoms with Crippen LogP contribution in [0.4, 0.5) is 17.1 Å². The Morgan fingerprint density at radius 2 is 1.88 bits per heavy atom. The number of aromatic nitrogens is 3. The number of hydrogen-bond donors (Lipinski definition) is 2. The topological polar surface area (TPSA) is 124 Å². The molecule has 2 aromatic carbocycles. The highest BCUT2D eigenvalue weighted by Gasteiger charge is 2.12. The molecule has 0 aliphatic rings. The molecule has 2 N–H and O–H groups in total. The van der Waals surface area contributed by atoms with Crippen molar-refractivity contribution in [3.63, 3.8) is 0 Å². The molecule has 10 nitrogen and oxygen atoms in total. The second-order valence-corrected chi connectivity index (χ2v) is 7.07. The van der Waals surface area contributed by atoms with E-state index in [0.717, 1.165) is 5.56 Å². The van der Waals surface area contributed by atoms with Gasteiger partial charge in [-0.15, -0.1) is 5.10 Å². The Hall–Kier alpha value is -4.47. The summed E-state index contributed by atoms with van der Waals surface area (Å²) in [6, 6.07) is 18.8. The van der Waals surface area contributed by atoms with Gasteiger partial charge in [0, 0.05) is 30.9 Å². The van der Waals surface area contributed by atoms with Gasteiger partial charge in [0.2, 0.25) is 5.91 Å². The summed E-state index contributed by atoms with van der Waals surface area (Å²) in [6.45, 7) is 0.510. The van der Waals surface area contributed by atoms with Gasteiger partial charge in [0.1, 0.15) is 5.69 Å². The van der Waals surface area contributed by atoms with E-state index in [2.05, 4.69) is 15.7 Å². The van der Waals surface area contributed by atoms with Gasteiger partial charge < -0.3 is 10.6 Å². The third-order valence-corrected chi connectivity index (χ3v) is 4.80. The fourth-order valence-corrected chi connectivity index (χ4v) is 3.31. The number of pyridine rings is 1. The van der Waals surface area contributed by atoms with Crippen LogP contribution in [0.15, 0.2) is 77.7 Å². The van der Waals surface area contributed by atoms with Crippen molar-refractivity contribution in [3.05, 3.63) is 99.1 Å². The van der Waals surface area contributed by atoms with E-state index in [-0.39, 0.29) is 36.8 Å². The highest BCUT2D eigenvalue weighted by molar-refractivity contribution is 5.91. The van der Waals surface area contributed by atoms with Crippen LogP contribution < -0.4 is 16.3 Å². The molecule has 0 radical (unpaired) electrons. The summed E-state index contributed by atoms with van der Waals surface area (Å²) in [5.41, 5.74) is 2.05. The minimum absolute atomic E-state index is 0.0391. The van der Waals surface area contributed by atoms with E-state index < -0.39 is 4.92 Å². The van der Waals surface area contributed by atoms with Crippen LogP contribution in [-0.2, 0) is 11.3 Å². The highest BCUT2D eigenvalue weighted by Crippen LogP contribution is 2.23. The number of nitro groups is 1. The summed E-state index contributed by atoms with van der Waals surface area (Å²) in [7, 11) is 0. The SMILES string of the molecule is O=C(CCNc1ccccc1[N+](=O)[O-])Nc1cccc(Cn2nc3ccccn3c2=O)c1. The molecule has 4 aromatic rings. The lowest BCUT2D eigenvalue weighted by atomic mass is 10.2. The molecule has 10 heteroatoms. The molecule has 0 saturated heterocycles. The van der Waals surface area contributed by atoms with Gasteiger partial charge in [-0.25, -0.2) is 9.48 Å². The van der Waals surface area contributed by atoms with E-state index in [4.69, 9.17) is 0 Å². The molecule has 4 rings (SSSR count). The highest BCUT2D eigenvalue weighted by atomic mass is 16.6. The molecule has 0 aliphatic carbocycles. The van der Waals surface area contributed by atoms with Crippen molar-refractivity contribution in [2.24, 2.45) is 0 Å². The minimum Gasteiger partial charge on any atom is -0.379 e. The van der Waals surface area contributed by atoms with Gasteiger partial charge >= 0.3 is 5.69 Å². The van der Waals surface area contributed by atoms with Crippen molar-refractivity contribution >= 4 is 28.6 Å². The van der Waals surface area contributed by atoms with E-state index in [0.29, 0.717) is 17.0 Å². The number of nitro benzene ring substituents is 1. The Bertz CT molecular complexity index is 1340. The van der Waals surface area contributed by atoms with E-state index in [1.165, 1.54) is 15.1 Å². The van der Waals surface area contributed by atoms with E-state index in [1.807, 2.05) is 12.1 Å². The normalized spacial score (nSPS) is 10.8. The standard InChI is InChI=1S/C22H20N6O4/c29-21(11-12-23-18-8-1-2-9-19(18)28(31)32)24-17-7-5-6-16(14-17)15-27-22(30)26-13-4-3-10-20(26)25-27/h1-10,13-14,23H,11-12,15H2,(H,24,29). The van der Waals surface area contributed by atoms with Crippen LogP contribution in [-0.4, -0.2) is 31.6 Å². The molecule has 0 aliphatic heterocycles. The first kappa shape index (κ1) is 20.8. The number of nitrogens with zero attached hydrogens (tertiary/aromatic N) is 4. The summed E-state index contributed by atoms with van der Waals surface area (Å²) >= 11 is 0. The van der Waals surface area contributed by atoms with Crippen molar-refractivity contribution < 1.29 is 9.72 Å². The maximum atomic E-state index is 12.4. The Kier molecular flexibility index (Phi) is 5.93. The first-order valence-electron chi connectivity index (χ1n) is 9.91. The van der Waals surface area contributed by atoms with Crippen LogP contribution in [0.3, 0.4) is 0 Å². The lowest BCUT2D eigenvalue weighted by molar-refractivity contribution is -0.384. The fourth-order valence-electron chi connectivity index (χ4n) is 3.31. The molecular weight excluding hydrogens is 412 g/mol. The summed E-state index contributed by atoms with van der Waals surface area (Å²) in [5.74, 6) is -0.238. The average molecular weight is 432 g/mol. The number of hydrogen-bond acceptors (Lipinski definition) is 6. The smallest absolute Gasteiger partial charge is 0.350 e. The van der Waals surface area contributed by atoms with Crippen molar-refractivity contribution in [2.45, 2.75) is 13.0 Å². The number of carbonyl (C=O) groups excluding carboxylic acids is 1. The molecule has 1 amide bonds. The molecule has 32 heavy (non-hydrogen) atoms. The quantitative estimate of drug-likeness (QED) is 0.326. The molecule has 2 aromatic heterocycles. The second kappa shape index (κ2) is 9.13. The molecule has 0 spiro atoms. The lowest BCUT2D eigenvalue weighted by Gasteiger charge is -2.09. The first-order valence-corrected chi connectivity index (χ1v) is 9.91. The predicted molar refractivity (Wildman–Crippen MR) is 120 cm³/mol. The summed E-state index contributed by atoms with van der Waals surface area (Å²) in [6.07, 6.45) is 1.79. The molecule has 0 atom stereocenters. The zero-order chi connectivity index (χ0) is 22.5. The van der Waals surface area contributed by atoms with Gasteiger partial charge in [-0.3, -0.25) is 19.3 Å². The number of benzene rings is 2. The van der Waals surface area contributed by atoms with Crippen LogP contribution in [0.2, 0.25) is 0 Å². The van der Waals surface area contributed by atoms with Gasteiger partial charge in [-0.1, -0.05) is 30.3 Å². The molecular formula is C22H20N6O4. The summed E-state index contributed by atoms with van der Waals surface area (Å²) in [4.78, 5) is 35.3. The largest absolute Gasteiger partial charge is 0.379 e. The third kappa shape index (κ3) is 4.64. The fraction of sp³-hybridized carbons (Fsp3) is 0.136. The van der Waals surface area contributed by atoms with Gasteiger partial charge in [0.25, 0.3) is 5.69 Å². The number of para-hydroxylation sites is 2. The number of rotatable bonds is 8. The van der Waals surface area contributed by atoms with E-state index in [1.54, 1.807) is 54.7 Å². The van der Waals surface area contributed by atoms with Gasteiger partial charge in [-0.05, 0) is 35.9 Å². The van der Waals surface area contributed by atoms with Crippen LogP contribution in [0.5, 0.6) is 0 Å². The molecule has 0 bridgehead atoms. The Labute approximate surface area is 182 Å².